The lowest BCUT2D eigenvalue weighted by Crippen LogP contribution is -2.27. The first-order valence-corrected chi connectivity index (χ1v) is 5.94. The minimum absolute atomic E-state index is 0.168. The third-order valence-corrected chi connectivity index (χ3v) is 3.64. The molecule has 2 aliphatic heterocycles. The second-order valence-corrected chi connectivity index (χ2v) is 5.39. The van der Waals surface area contributed by atoms with Gasteiger partial charge in [0.25, 0.3) is 0 Å². The van der Waals surface area contributed by atoms with Gasteiger partial charge in [-0.3, -0.25) is 4.99 Å². The third-order valence-electron chi connectivity index (χ3n) is 2.25. The highest BCUT2D eigenvalue weighted by Crippen LogP contribution is 2.28. The molecule has 4 nitrogen and oxygen atoms in total. The van der Waals surface area contributed by atoms with E-state index >= 15 is 0 Å². The van der Waals surface area contributed by atoms with Gasteiger partial charge >= 0.3 is 5.97 Å². The number of likely N-dealkylation sites (N-methyl/N-ethyl adjacent to an activating group) is 1. The van der Waals surface area contributed by atoms with Crippen molar-refractivity contribution in [3.05, 3.63) is 11.8 Å². The lowest BCUT2D eigenvalue weighted by atomic mass is 10.3. The number of carbonyl (C=O) groups excluding carboxylic acids is 1. The highest BCUT2D eigenvalue weighted by atomic mass is 35.5. The standard InChI is InChI=1S/C9H11ClN2O2S/c1-12(6-2-8(13)14-5-6)4-7-3-11-9(10)15-7/h2-3,7,9H,4-5H2,1H3. The van der Waals surface area contributed by atoms with E-state index < -0.39 is 0 Å². The van der Waals surface area contributed by atoms with Crippen LogP contribution in [0.2, 0.25) is 0 Å². The van der Waals surface area contributed by atoms with Crippen molar-refractivity contribution in [1.82, 2.24) is 4.90 Å². The summed E-state index contributed by atoms with van der Waals surface area (Å²) in [6.45, 7) is 1.16. The van der Waals surface area contributed by atoms with Crippen LogP contribution in [0.1, 0.15) is 0 Å². The average Bonchev–Trinajstić information content (AvgIpc) is 2.75. The van der Waals surface area contributed by atoms with Crippen molar-refractivity contribution in [3.8, 4) is 0 Å². The van der Waals surface area contributed by atoms with Gasteiger partial charge in [-0.2, -0.15) is 0 Å². The van der Waals surface area contributed by atoms with E-state index in [1.54, 1.807) is 11.8 Å². The quantitative estimate of drug-likeness (QED) is 0.424. The van der Waals surface area contributed by atoms with Crippen LogP contribution in [0.25, 0.3) is 0 Å². The number of cyclic esters (lactones) is 1. The number of hydrogen-bond donors (Lipinski definition) is 0. The molecular weight excluding hydrogens is 236 g/mol. The SMILES string of the molecule is CN(CC1C=NC(Cl)S1)C1=CC(=O)OC1. The van der Waals surface area contributed by atoms with Crippen LogP contribution in [-0.4, -0.2) is 47.4 Å². The highest BCUT2D eigenvalue weighted by Gasteiger charge is 2.23. The molecule has 0 amide bonds. The van der Waals surface area contributed by atoms with Crippen molar-refractivity contribution >= 4 is 35.5 Å². The number of ether oxygens (including phenoxy) is 1. The van der Waals surface area contributed by atoms with Crippen molar-refractivity contribution in [2.24, 2.45) is 4.99 Å². The Kier molecular flexibility index (Phi) is 3.21. The summed E-state index contributed by atoms with van der Waals surface area (Å²) < 4.78 is 4.83. The van der Waals surface area contributed by atoms with E-state index in [9.17, 15) is 4.79 Å². The molecule has 0 aromatic carbocycles. The predicted molar refractivity (Wildman–Crippen MR) is 61.2 cm³/mol. The van der Waals surface area contributed by atoms with Crippen LogP contribution >= 0.6 is 23.4 Å². The summed E-state index contributed by atoms with van der Waals surface area (Å²) >= 11 is 7.43. The Bertz CT molecular complexity index is 332. The van der Waals surface area contributed by atoms with Crippen molar-refractivity contribution in [1.29, 1.82) is 0 Å². The molecule has 0 saturated carbocycles. The summed E-state index contributed by atoms with van der Waals surface area (Å²) in [6.07, 6.45) is 3.38. The van der Waals surface area contributed by atoms with Crippen molar-refractivity contribution < 1.29 is 9.53 Å². The van der Waals surface area contributed by atoms with Gasteiger partial charge in [-0.25, -0.2) is 4.79 Å². The van der Waals surface area contributed by atoms with Gasteiger partial charge in [0.15, 0.2) is 4.83 Å². The molecule has 0 aliphatic carbocycles. The fourth-order valence-electron chi connectivity index (χ4n) is 1.44. The van der Waals surface area contributed by atoms with Gasteiger partial charge in [-0.1, -0.05) is 11.6 Å². The Labute approximate surface area is 97.3 Å². The summed E-state index contributed by atoms with van der Waals surface area (Å²) in [5.74, 6) is -0.264. The van der Waals surface area contributed by atoms with Gasteiger partial charge in [-0.15, -0.1) is 11.8 Å². The second-order valence-electron chi connectivity index (χ2n) is 3.39. The van der Waals surface area contributed by atoms with Gasteiger partial charge in [0, 0.05) is 25.9 Å². The van der Waals surface area contributed by atoms with Crippen LogP contribution in [0.4, 0.5) is 0 Å². The summed E-state index contributed by atoms with van der Waals surface area (Å²) in [5, 5.41) is 0.286. The minimum atomic E-state index is -0.264. The van der Waals surface area contributed by atoms with E-state index in [1.807, 2.05) is 18.2 Å². The maximum Gasteiger partial charge on any atom is 0.333 e. The van der Waals surface area contributed by atoms with Crippen LogP contribution < -0.4 is 0 Å². The second kappa shape index (κ2) is 4.45. The zero-order valence-corrected chi connectivity index (χ0v) is 9.79. The van der Waals surface area contributed by atoms with E-state index in [-0.39, 0.29) is 16.1 Å². The Morgan fingerprint density at radius 3 is 3.13 bits per heavy atom. The first-order chi connectivity index (χ1) is 7.15. The number of carbonyl (C=O) groups is 1. The molecule has 6 heteroatoms. The maximum atomic E-state index is 10.9. The molecule has 0 saturated heterocycles. The van der Waals surface area contributed by atoms with Gasteiger partial charge in [0.1, 0.15) is 6.61 Å². The van der Waals surface area contributed by atoms with Gasteiger partial charge in [0.2, 0.25) is 0 Å². The molecule has 2 heterocycles. The van der Waals surface area contributed by atoms with Gasteiger partial charge in [0.05, 0.1) is 10.9 Å². The Balaban J connectivity index is 1.87. The normalized spacial score (nSPS) is 29.2. The summed E-state index contributed by atoms with van der Waals surface area (Å²) in [6, 6.07) is 0. The van der Waals surface area contributed by atoms with Crippen LogP contribution in [-0.2, 0) is 9.53 Å². The molecule has 0 fully saturated rings. The molecule has 0 aromatic rings. The number of aliphatic imine (C=N–C) groups is 1. The van der Waals surface area contributed by atoms with Gasteiger partial charge < -0.3 is 9.64 Å². The lowest BCUT2D eigenvalue weighted by Gasteiger charge is -2.21. The van der Waals surface area contributed by atoms with E-state index in [0.29, 0.717) is 6.61 Å². The van der Waals surface area contributed by atoms with E-state index in [1.165, 1.54) is 6.08 Å². The zero-order chi connectivity index (χ0) is 10.8. The number of alkyl halides is 1. The summed E-state index contributed by atoms with van der Waals surface area (Å²) in [4.78, 5) is 16.8. The smallest absolute Gasteiger partial charge is 0.333 e. The number of esters is 1. The van der Waals surface area contributed by atoms with Crippen molar-refractivity contribution in [2.75, 3.05) is 20.2 Å². The van der Waals surface area contributed by atoms with E-state index in [4.69, 9.17) is 16.3 Å². The molecule has 0 spiro atoms. The third kappa shape index (κ3) is 2.66. The molecule has 2 aliphatic rings. The first kappa shape index (κ1) is 10.8. The maximum absolute atomic E-state index is 10.9. The molecule has 82 valence electrons. The largest absolute Gasteiger partial charge is 0.456 e. The van der Waals surface area contributed by atoms with Gasteiger partial charge in [-0.05, 0) is 0 Å². The molecule has 0 bridgehead atoms. The molecule has 2 atom stereocenters. The number of rotatable bonds is 3. The van der Waals surface area contributed by atoms with E-state index in [2.05, 4.69) is 4.99 Å². The Hall–Kier alpha value is -0.680. The lowest BCUT2D eigenvalue weighted by molar-refractivity contribution is -0.135. The fraction of sp³-hybridized carbons (Fsp3) is 0.556. The predicted octanol–water partition coefficient (Wildman–Crippen LogP) is 1.07. The molecule has 0 radical (unpaired) electrons. The first-order valence-electron chi connectivity index (χ1n) is 4.56. The molecule has 2 rings (SSSR count). The molecular formula is C9H11ClN2O2S. The highest BCUT2D eigenvalue weighted by molar-refractivity contribution is 8.02. The number of thioether (sulfide) groups is 1. The summed E-state index contributed by atoms with van der Waals surface area (Å²) in [5.41, 5.74) is 0.909. The average molecular weight is 247 g/mol. The molecule has 15 heavy (non-hydrogen) atoms. The summed E-state index contributed by atoms with van der Waals surface area (Å²) in [7, 11) is 1.93. The van der Waals surface area contributed by atoms with Crippen LogP contribution in [0.3, 0.4) is 0 Å². The molecule has 2 unspecified atom stereocenters. The Morgan fingerprint density at radius 1 is 1.80 bits per heavy atom. The van der Waals surface area contributed by atoms with Crippen molar-refractivity contribution in [3.63, 3.8) is 0 Å². The van der Waals surface area contributed by atoms with Crippen molar-refractivity contribution in [2.45, 2.75) is 10.1 Å². The molecule has 0 aromatic heterocycles. The topological polar surface area (TPSA) is 41.9 Å². The number of nitrogens with zero attached hydrogens (tertiary/aromatic N) is 2. The van der Waals surface area contributed by atoms with Crippen LogP contribution in [0.15, 0.2) is 16.8 Å². The number of halogens is 1. The minimum Gasteiger partial charge on any atom is -0.456 e. The monoisotopic (exact) mass is 246 g/mol. The Morgan fingerprint density at radius 2 is 2.60 bits per heavy atom. The van der Waals surface area contributed by atoms with E-state index in [0.717, 1.165) is 12.2 Å². The fourth-order valence-corrected chi connectivity index (χ4v) is 2.78. The number of hydrogen-bond acceptors (Lipinski definition) is 5. The van der Waals surface area contributed by atoms with Crippen LogP contribution in [0.5, 0.6) is 0 Å². The zero-order valence-electron chi connectivity index (χ0n) is 8.22. The van der Waals surface area contributed by atoms with Crippen LogP contribution in [0, 0.1) is 0 Å². The molecule has 0 N–H and O–H groups in total.